The third kappa shape index (κ3) is 5.50. The Morgan fingerprint density at radius 1 is 1.88 bits per heavy atom. The summed E-state index contributed by atoms with van der Waals surface area (Å²) in [5.41, 5.74) is 0. The Morgan fingerprint density at radius 2 is 2.38 bits per heavy atom. The van der Waals surface area contributed by atoms with E-state index in [0.717, 1.165) is 0 Å². The van der Waals surface area contributed by atoms with Gasteiger partial charge in [0.2, 0.25) is 0 Å². The van der Waals surface area contributed by atoms with E-state index >= 15 is 0 Å². The molecule has 0 unspecified atom stereocenters. The fourth-order valence-electron chi connectivity index (χ4n) is 0.228. The van der Waals surface area contributed by atoms with Crippen LogP contribution in [0.5, 0.6) is 0 Å². The Kier molecular flexibility index (Phi) is 3.28. The van der Waals surface area contributed by atoms with E-state index in [4.69, 9.17) is 16.7 Å². The van der Waals surface area contributed by atoms with Gasteiger partial charge in [-0.05, 0) is 6.92 Å². The summed E-state index contributed by atoms with van der Waals surface area (Å²) < 4.78 is 0. The van der Waals surface area contributed by atoms with Crippen molar-refractivity contribution in [2.24, 2.45) is 0 Å². The molecule has 0 aromatic rings. The second-order valence-corrected chi connectivity index (χ2v) is 1.98. The largest absolute Gasteiger partial charge is 0.481 e. The number of halogens is 1. The molecule has 0 fully saturated rings. The minimum absolute atomic E-state index is 0.00926. The third-order valence-corrected chi connectivity index (χ3v) is 0.712. The fourth-order valence-corrected chi connectivity index (χ4v) is 0.305. The maximum absolute atomic E-state index is 9.80. The predicted molar refractivity (Wildman–Crippen MR) is 31.9 cm³/mol. The van der Waals surface area contributed by atoms with Crippen molar-refractivity contribution in [1.29, 1.82) is 0 Å². The minimum Gasteiger partial charge on any atom is -0.481 e. The lowest BCUT2D eigenvalue weighted by molar-refractivity contribution is -0.136. The van der Waals surface area contributed by atoms with Gasteiger partial charge in [-0.1, -0.05) is 17.7 Å². The second-order valence-electron chi connectivity index (χ2n) is 1.39. The van der Waals surface area contributed by atoms with Crippen molar-refractivity contribution in [3.63, 3.8) is 0 Å². The van der Waals surface area contributed by atoms with Gasteiger partial charge in [0.05, 0.1) is 6.42 Å². The molecule has 3 heteroatoms. The molecular weight excluding hydrogens is 128 g/mol. The molecule has 0 heterocycles. The van der Waals surface area contributed by atoms with Crippen LogP contribution in [0.25, 0.3) is 0 Å². The zero-order valence-corrected chi connectivity index (χ0v) is 5.27. The molecule has 0 aliphatic heterocycles. The van der Waals surface area contributed by atoms with E-state index in [0.29, 0.717) is 5.03 Å². The Bertz CT molecular complexity index is 114. The van der Waals surface area contributed by atoms with Gasteiger partial charge >= 0.3 is 5.97 Å². The quantitative estimate of drug-likeness (QED) is 0.623. The highest BCUT2D eigenvalue weighted by molar-refractivity contribution is 6.29. The highest BCUT2D eigenvalue weighted by Crippen LogP contribution is 1.98. The molecule has 0 aromatic carbocycles. The van der Waals surface area contributed by atoms with E-state index in [1.807, 2.05) is 0 Å². The summed E-state index contributed by atoms with van der Waals surface area (Å²) in [6.07, 6.45) is 1.46. The lowest BCUT2D eigenvalue weighted by Crippen LogP contribution is -1.89. The van der Waals surface area contributed by atoms with Crippen LogP contribution in [0.4, 0.5) is 0 Å². The van der Waals surface area contributed by atoms with Crippen LogP contribution in [0.2, 0.25) is 0 Å². The van der Waals surface area contributed by atoms with Gasteiger partial charge in [0.15, 0.2) is 0 Å². The molecule has 0 aliphatic carbocycles. The zero-order chi connectivity index (χ0) is 6.57. The molecule has 0 spiro atoms. The van der Waals surface area contributed by atoms with Crippen molar-refractivity contribution in [3.05, 3.63) is 11.1 Å². The first-order valence-electron chi connectivity index (χ1n) is 2.17. The van der Waals surface area contributed by atoms with Crippen molar-refractivity contribution in [2.75, 3.05) is 0 Å². The molecular formula is C5H7ClO2. The lowest BCUT2D eigenvalue weighted by atomic mass is 10.4. The topological polar surface area (TPSA) is 37.3 Å². The van der Waals surface area contributed by atoms with Gasteiger partial charge in [-0.25, -0.2) is 0 Å². The van der Waals surface area contributed by atoms with Crippen molar-refractivity contribution in [1.82, 2.24) is 0 Å². The molecule has 2 nitrogen and oxygen atoms in total. The number of aliphatic carboxylic acids is 1. The number of allylic oxidation sites excluding steroid dienone is 1. The van der Waals surface area contributed by atoms with Crippen LogP contribution in [0.15, 0.2) is 11.1 Å². The van der Waals surface area contributed by atoms with Gasteiger partial charge in [-0.2, -0.15) is 0 Å². The monoisotopic (exact) mass is 134 g/mol. The van der Waals surface area contributed by atoms with Crippen LogP contribution in [0.1, 0.15) is 13.3 Å². The van der Waals surface area contributed by atoms with E-state index in [1.54, 1.807) is 6.92 Å². The van der Waals surface area contributed by atoms with Crippen LogP contribution in [0, 0.1) is 0 Å². The van der Waals surface area contributed by atoms with Crippen LogP contribution in [-0.2, 0) is 4.79 Å². The number of hydrogen-bond donors (Lipinski definition) is 1. The maximum Gasteiger partial charge on any atom is 0.307 e. The second kappa shape index (κ2) is 3.50. The van der Waals surface area contributed by atoms with Crippen LogP contribution in [-0.4, -0.2) is 11.1 Å². The molecule has 1 N–H and O–H groups in total. The Hall–Kier alpha value is -0.500. The summed E-state index contributed by atoms with van der Waals surface area (Å²) in [5.74, 6) is -0.856. The number of carboxylic acid groups (broad SMARTS) is 1. The normalized spacial score (nSPS) is 11.5. The molecule has 0 rings (SSSR count). The maximum atomic E-state index is 9.80. The lowest BCUT2D eigenvalue weighted by Gasteiger charge is -1.82. The van der Waals surface area contributed by atoms with E-state index in [-0.39, 0.29) is 6.42 Å². The first kappa shape index (κ1) is 7.50. The van der Waals surface area contributed by atoms with Gasteiger partial charge in [0.1, 0.15) is 0 Å². The Balaban J connectivity index is 3.45. The van der Waals surface area contributed by atoms with Crippen molar-refractivity contribution < 1.29 is 9.90 Å². The standard InChI is InChI=1S/C5H7ClO2/c1-4(6)2-3-5(7)8/h2H,3H2,1H3,(H,7,8)/b4-2-. The molecule has 0 bridgehead atoms. The summed E-state index contributed by atoms with van der Waals surface area (Å²) in [6, 6.07) is 0. The molecule has 0 saturated heterocycles. The van der Waals surface area contributed by atoms with E-state index in [9.17, 15) is 4.79 Å². The van der Waals surface area contributed by atoms with Gasteiger partial charge in [-0.3, -0.25) is 4.79 Å². The number of carboxylic acids is 1. The molecule has 0 aliphatic rings. The molecule has 0 aromatic heterocycles. The van der Waals surface area contributed by atoms with Crippen LogP contribution in [0.3, 0.4) is 0 Å². The molecule has 46 valence electrons. The number of rotatable bonds is 2. The average molecular weight is 135 g/mol. The van der Waals surface area contributed by atoms with Crippen LogP contribution >= 0.6 is 11.6 Å². The first-order valence-corrected chi connectivity index (χ1v) is 2.55. The number of hydrogen-bond acceptors (Lipinski definition) is 1. The molecule has 0 amide bonds. The van der Waals surface area contributed by atoms with Crippen molar-refractivity contribution in [2.45, 2.75) is 13.3 Å². The summed E-state index contributed by atoms with van der Waals surface area (Å²) in [5, 5.41) is 8.58. The van der Waals surface area contributed by atoms with Gasteiger partial charge < -0.3 is 5.11 Å². The first-order chi connectivity index (χ1) is 3.63. The SMILES string of the molecule is C/C(Cl)=C/CC(=O)O. The molecule has 0 atom stereocenters. The Labute approximate surface area is 52.8 Å². The van der Waals surface area contributed by atoms with Gasteiger partial charge in [-0.15, -0.1) is 0 Å². The average Bonchev–Trinajstić information content (AvgIpc) is 1.61. The smallest absolute Gasteiger partial charge is 0.307 e. The summed E-state index contributed by atoms with van der Waals surface area (Å²) in [7, 11) is 0. The van der Waals surface area contributed by atoms with Crippen molar-refractivity contribution in [3.8, 4) is 0 Å². The molecule has 0 radical (unpaired) electrons. The van der Waals surface area contributed by atoms with E-state index < -0.39 is 5.97 Å². The minimum atomic E-state index is -0.856. The zero-order valence-electron chi connectivity index (χ0n) is 4.52. The van der Waals surface area contributed by atoms with Crippen molar-refractivity contribution >= 4 is 17.6 Å². The summed E-state index contributed by atoms with van der Waals surface area (Å²) in [4.78, 5) is 9.80. The predicted octanol–water partition coefficient (Wildman–Crippen LogP) is 1.60. The fraction of sp³-hybridized carbons (Fsp3) is 0.400. The summed E-state index contributed by atoms with van der Waals surface area (Å²) >= 11 is 5.32. The van der Waals surface area contributed by atoms with Crippen LogP contribution < -0.4 is 0 Å². The van der Waals surface area contributed by atoms with Gasteiger partial charge in [0, 0.05) is 5.03 Å². The highest BCUT2D eigenvalue weighted by atomic mass is 35.5. The van der Waals surface area contributed by atoms with Gasteiger partial charge in [0.25, 0.3) is 0 Å². The Morgan fingerprint density at radius 3 is 2.50 bits per heavy atom. The molecule has 0 saturated carbocycles. The number of carbonyl (C=O) groups is 1. The summed E-state index contributed by atoms with van der Waals surface area (Å²) in [6.45, 7) is 1.64. The molecule has 8 heavy (non-hydrogen) atoms. The third-order valence-electron chi connectivity index (χ3n) is 0.558. The highest BCUT2D eigenvalue weighted by Gasteiger charge is 1.89. The van der Waals surface area contributed by atoms with E-state index in [1.165, 1.54) is 6.08 Å². The van der Waals surface area contributed by atoms with E-state index in [2.05, 4.69) is 0 Å².